The van der Waals surface area contributed by atoms with Crippen LogP contribution < -0.4 is 0 Å². The normalized spacial score (nSPS) is 10.8. The number of rotatable bonds is 0. The molecule has 4 rings (SSSR count). The molecule has 0 aliphatic carbocycles. The monoisotopic (exact) mass is 630 g/mol. The highest BCUT2D eigenvalue weighted by atomic mass is 79.9. The Balaban J connectivity index is 0.000000161. The minimum Gasteiger partial charge on any atom is -0.507 e. The molecule has 0 saturated heterocycles. The van der Waals surface area contributed by atoms with Crippen molar-refractivity contribution in [3.8, 4) is 17.2 Å². The Morgan fingerprint density at radius 2 is 0.750 bits per heavy atom. The van der Waals surface area contributed by atoms with Crippen LogP contribution in [0.15, 0.2) is 66.4 Å². The molecule has 144 valence electrons. The first-order valence-electron chi connectivity index (χ1n) is 8.07. The Kier molecular flexibility index (Phi) is 6.59. The van der Waals surface area contributed by atoms with Crippen molar-refractivity contribution in [2.75, 3.05) is 0 Å². The van der Waals surface area contributed by atoms with E-state index in [-0.39, 0.29) is 17.2 Å². The first-order chi connectivity index (χ1) is 13.2. The van der Waals surface area contributed by atoms with Gasteiger partial charge in [-0.2, -0.15) is 0 Å². The van der Waals surface area contributed by atoms with E-state index in [0.29, 0.717) is 8.95 Å². The van der Waals surface area contributed by atoms with Gasteiger partial charge in [0.2, 0.25) is 0 Å². The van der Waals surface area contributed by atoms with Gasteiger partial charge in [-0.05, 0) is 118 Å². The molecule has 4 aromatic rings. The maximum absolute atomic E-state index is 9.52. The second-order valence-electron chi connectivity index (χ2n) is 6.08. The van der Waals surface area contributed by atoms with E-state index in [9.17, 15) is 15.3 Å². The second kappa shape index (κ2) is 8.61. The van der Waals surface area contributed by atoms with E-state index in [4.69, 9.17) is 0 Å². The highest BCUT2D eigenvalue weighted by molar-refractivity contribution is 9.11. The second-order valence-corrected chi connectivity index (χ2v) is 9.25. The van der Waals surface area contributed by atoms with Crippen molar-refractivity contribution in [2.45, 2.75) is 6.92 Å². The number of benzene rings is 4. The van der Waals surface area contributed by atoms with E-state index in [1.54, 1.807) is 30.3 Å². The summed E-state index contributed by atoms with van der Waals surface area (Å²) in [7, 11) is 0. The van der Waals surface area contributed by atoms with Crippen LogP contribution in [0.1, 0.15) is 5.56 Å². The minimum absolute atomic E-state index is 0.190. The fourth-order valence-electron chi connectivity index (χ4n) is 2.74. The Morgan fingerprint density at radius 3 is 1.11 bits per heavy atom. The van der Waals surface area contributed by atoms with Gasteiger partial charge in [-0.3, -0.25) is 0 Å². The third kappa shape index (κ3) is 4.03. The molecular formula is C21H14Br4O3. The van der Waals surface area contributed by atoms with Crippen LogP contribution in [0.25, 0.3) is 21.5 Å². The van der Waals surface area contributed by atoms with Crippen LogP contribution in [0, 0.1) is 6.92 Å². The van der Waals surface area contributed by atoms with Gasteiger partial charge in [0, 0.05) is 20.6 Å². The van der Waals surface area contributed by atoms with Crippen molar-refractivity contribution in [1.29, 1.82) is 0 Å². The molecule has 0 atom stereocenters. The molecular weight excluding hydrogens is 620 g/mol. The summed E-state index contributed by atoms with van der Waals surface area (Å²) in [6.07, 6.45) is 0. The molecule has 7 heteroatoms. The summed E-state index contributed by atoms with van der Waals surface area (Å²) in [5, 5.41) is 32.3. The van der Waals surface area contributed by atoms with Crippen LogP contribution >= 0.6 is 63.7 Å². The van der Waals surface area contributed by atoms with Crippen LogP contribution in [0.2, 0.25) is 0 Å². The number of halogens is 4. The van der Waals surface area contributed by atoms with E-state index in [1.165, 1.54) is 5.56 Å². The van der Waals surface area contributed by atoms with Gasteiger partial charge in [0.15, 0.2) is 0 Å². The lowest BCUT2D eigenvalue weighted by molar-refractivity contribution is 0.470. The highest BCUT2D eigenvalue weighted by Gasteiger charge is 2.09. The molecule has 28 heavy (non-hydrogen) atoms. The van der Waals surface area contributed by atoms with Gasteiger partial charge in [0.1, 0.15) is 17.2 Å². The summed E-state index contributed by atoms with van der Waals surface area (Å²) in [5.74, 6) is 0.651. The van der Waals surface area contributed by atoms with Crippen molar-refractivity contribution in [1.82, 2.24) is 0 Å². The summed E-state index contributed by atoms with van der Waals surface area (Å²) in [6.45, 7) is 2.05. The number of phenols is 3. The van der Waals surface area contributed by atoms with Crippen molar-refractivity contribution in [3.63, 3.8) is 0 Å². The predicted molar refractivity (Wildman–Crippen MR) is 128 cm³/mol. The maximum atomic E-state index is 9.52. The first kappa shape index (κ1) is 21.4. The van der Waals surface area contributed by atoms with Gasteiger partial charge in [0.05, 0.1) is 13.4 Å². The van der Waals surface area contributed by atoms with Gasteiger partial charge >= 0.3 is 0 Å². The molecule has 0 aliphatic rings. The van der Waals surface area contributed by atoms with E-state index in [2.05, 4.69) is 63.7 Å². The zero-order valence-electron chi connectivity index (χ0n) is 14.5. The standard InChI is InChI=1S/C11H8Br2O.C10H6Br2O2/c1-6-2-3-8-7(10(6)12)4-5-9(14)11(8)13;11-9-5-1-3-7(13)10(12)6(5)2-4-8(9)14/h2-5,14H,1H3;1-4,13-14H. The van der Waals surface area contributed by atoms with E-state index in [1.807, 2.05) is 25.1 Å². The predicted octanol–water partition coefficient (Wildman–Crippen LogP) is 8.15. The number of hydrogen-bond acceptors (Lipinski definition) is 3. The number of fused-ring (bicyclic) bond motifs is 2. The molecule has 0 heterocycles. The Labute approximate surface area is 195 Å². The van der Waals surface area contributed by atoms with E-state index in [0.717, 1.165) is 30.5 Å². The molecule has 0 amide bonds. The van der Waals surface area contributed by atoms with Crippen molar-refractivity contribution in [2.24, 2.45) is 0 Å². The van der Waals surface area contributed by atoms with Gasteiger partial charge in [-0.25, -0.2) is 0 Å². The summed E-state index contributed by atoms with van der Waals surface area (Å²) in [4.78, 5) is 0. The lowest BCUT2D eigenvalue weighted by atomic mass is 10.1. The minimum atomic E-state index is 0.190. The fourth-order valence-corrected chi connectivity index (χ4v) is 4.65. The van der Waals surface area contributed by atoms with Crippen LogP contribution in [0.4, 0.5) is 0 Å². The quantitative estimate of drug-likeness (QED) is 0.183. The zero-order valence-corrected chi connectivity index (χ0v) is 20.8. The van der Waals surface area contributed by atoms with Gasteiger partial charge in [0.25, 0.3) is 0 Å². The molecule has 0 unspecified atom stereocenters. The largest absolute Gasteiger partial charge is 0.507 e. The average Bonchev–Trinajstić information content (AvgIpc) is 2.67. The van der Waals surface area contributed by atoms with Crippen molar-refractivity contribution < 1.29 is 15.3 Å². The Bertz CT molecular complexity index is 1020. The molecule has 0 bridgehead atoms. The van der Waals surface area contributed by atoms with Crippen LogP contribution in [-0.2, 0) is 0 Å². The Morgan fingerprint density at radius 1 is 0.464 bits per heavy atom. The first-order valence-corrected chi connectivity index (χ1v) is 11.2. The fraction of sp³-hybridized carbons (Fsp3) is 0.0476. The lowest BCUT2D eigenvalue weighted by Gasteiger charge is -2.06. The van der Waals surface area contributed by atoms with E-state index >= 15 is 0 Å². The molecule has 3 N–H and O–H groups in total. The Hall–Kier alpha value is -1.28. The smallest absolute Gasteiger partial charge is 0.130 e. The average molecular weight is 634 g/mol. The van der Waals surface area contributed by atoms with Crippen LogP contribution in [0.3, 0.4) is 0 Å². The summed E-state index contributed by atoms with van der Waals surface area (Å²) in [6, 6.07) is 14.3. The number of hydrogen-bond donors (Lipinski definition) is 3. The topological polar surface area (TPSA) is 60.7 Å². The zero-order chi connectivity index (χ0) is 20.6. The molecule has 0 aromatic heterocycles. The van der Waals surface area contributed by atoms with Gasteiger partial charge in [-0.15, -0.1) is 0 Å². The van der Waals surface area contributed by atoms with E-state index < -0.39 is 0 Å². The molecule has 0 spiro atoms. The summed E-state index contributed by atoms with van der Waals surface area (Å²) >= 11 is 13.5. The number of phenolic OH excluding ortho intramolecular Hbond substituents is 3. The molecule has 4 aromatic carbocycles. The van der Waals surface area contributed by atoms with Gasteiger partial charge < -0.3 is 15.3 Å². The SMILES string of the molecule is Cc1ccc2c(Br)c(O)ccc2c1Br.Oc1ccc2c(Br)c(O)ccc2c1Br. The number of aryl methyl sites for hydroxylation is 1. The highest BCUT2D eigenvalue weighted by Crippen LogP contribution is 2.39. The molecule has 0 aliphatic heterocycles. The summed E-state index contributed by atoms with van der Waals surface area (Å²) < 4.78 is 3.10. The summed E-state index contributed by atoms with van der Waals surface area (Å²) in [5.41, 5.74) is 1.19. The maximum Gasteiger partial charge on any atom is 0.130 e. The third-order valence-corrected chi connectivity index (χ3v) is 7.82. The van der Waals surface area contributed by atoms with Crippen molar-refractivity contribution in [3.05, 3.63) is 72.0 Å². The van der Waals surface area contributed by atoms with Crippen LogP contribution in [-0.4, -0.2) is 15.3 Å². The lowest BCUT2D eigenvalue weighted by Crippen LogP contribution is -1.81. The molecule has 3 nitrogen and oxygen atoms in total. The van der Waals surface area contributed by atoms with Crippen LogP contribution in [0.5, 0.6) is 17.2 Å². The molecule has 0 fully saturated rings. The third-order valence-electron chi connectivity index (χ3n) is 4.27. The molecule has 0 saturated carbocycles. The molecule has 0 radical (unpaired) electrons. The van der Waals surface area contributed by atoms with Gasteiger partial charge in [-0.1, -0.05) is 12.1 Å². The number of aromatic hydroxyl groups is 3. The van der Waals surface area contributed by atoms with Crippen molar-refractivity contribution >= 4 is 85.3 Å².